The Hall–Kier alpha value is -1.14. The summed E-state index contributed by atoms with van der Waals surface area (Å²) in [5.41, 5.74) is 0. The highest BCUT2D eigenvalue weighted by atomic mass is 16.8. The molecule has 2 rings (SSSR count). The number of ether oxygens (including phenoxy) is 3. The molecule has 1 aliphatic carbocycles. The highest BCUT2D eigenvalue weighted by molar-refractivity contribution is 5.73. The predicted octanol–water partition coefficient (Wildman–Crippen LogP) is 0.347. The third-order valence-electron chi connectivity index (χ3n) is 3.12. The molecule has 1 saturated carbocycles. The average Bonchev–Trinajstić information content (AvgIpc) is 2.62. The normalized spacial score (nSPS) is 37.1. The predicted molar refractivity (Wildman–Crippen MR) is 61.6 cm³/mol. The van der Waals surface area contributed by atoms with Crippen molar-refractivity contribution in [2.24, 2.45) is 0 Å². The molecule has 0 aromatic rings. The number of hydrogen-bond acceptors (Lipinski definition) is 5. The van der Waals surface area contributed by atoms with E-state index in [0.29, 0.717) is 6.42 Å². The molecule has 1 aliphatic heterocycles. The van der Waals surface area contributed by atoms with Crippen LogP contribution in [0.15, 0.2) is 0 Å². The Balaban J connectivity index is 2.12. The molecule has 0 aromatic carbocycles. The third-order valence-corrected chi connectivity index (χ3v) is 3.12. The van der Waals surface area contributed by atoms with Crippen LogP contribution in [-0.2, 0) is 23.8 Å². The lowest BCUT2D eigenvalue weighted by molar-refractivity contribution is -0.175. The summed E-state index contributed by atoms with van der Waals surface area (Å²) in [4.78, 5) is 22.2. The lowest BCUT2D eigenvalue weighted by Gasteiger charge is -2.23. The number of hydrogen-bond donors (Lipinski definition) is 1. The monoisotopic (exact) mass is 257 g/mol. The van der Waals surface area contributed by atoms with E-state index in [0.717, 1.165) is 0 Å². The van der Waals surface area contributed by atoms with E-state index in [-0.39, 0.29) is 36.2 Å². The smallest absolute Gasteiger partial charge is 0.302 e. The summed E-state index contributed by atoms with van der Waals surface area (Å²) in [7, 11) is 0. The van der Waals surface area contributed by atoms with E-state index in [2.05, 4.69) is 5.32 Å². The van der Waals surface area contributed by atoms with Gasteiger partial charge in [-0.3, -0.25) is 9.59 Å². The fraction of sp³-hybridized carbons (Fsp3) is 0.833. The maximum absolute atomic E-state index is 11.2. The SMILES string of the molecule is CC(=O)N[C@@H]1C[C@@H](OC(C)=O)[C@H]2OC(C)(C)O[C@H]21. The van der Waals surface area contributed by atoms with Gasteiger partial charge in [-0.15, -0.1) is 0 Å². The fourth-order valence-corrected chi connectivity index (χ4v) is 2.66. The van der Waals surface area contributed by atoms with Crippen molar-refractivity contribution >= 4 is 11.9 Å². The molecule has 102 valence electrons. The van der Waals surface area contributed by atoms with E-state index in [1.807, 2.05) is 0 Å². The molecule has 6 heteroatoms. The maximum atomic E-state index is 11.2. The summed E-state index contributed by atoms with van der Waals surface area (Å²) in [5, 5.41) is 2.82. The molecular formula is C12H19NO5. The Morgan fingerprint density at radius 3 is 2.39 bits per heavy atom. The first-order valence-electron chi connectivity index (χ1n) is 6.08. The van der Waals surface area contributed by atoms with Crippen LogP contribution in [0.2, 0.25) is 0 Å². The second-order valence-corrected chi connectivity index (χ2v) is 5.26. The van der Waals surface area contributed by atoms with Crippen LogP contribution in [0.1, 0.15) is 34.1 Å². The molecule has 1 amide bonds. The van der Waals surface area contributed by atoms with Crippen molar-refractivity contribution in [3.05, 3.63) is 0 Å². The number of rotatable bonds is 2. The number of amides is 1. The summed E-state index contributed by atoms with van der Waals surface area (Å²) in [6, 6.07) is -0.182. The van der Waals surface area contributed by atoms with E-state index in [1.54, 1.807) is 13.8 Å². The molecule has 1 saturated heterocycles. The van der Waals surface area contributed by atoms with Gasteiger partial charge in [-0.1, -0.05) is 0 Å². The summed E-state index contributed by atoms with van der Waals surface area (Å²) >= 11 is 0. The number of nitrogens with one attached hydrogen (secondary N) is 1. The first-order chi connectivity index (χ1) is 8.28. The molecular weight excluding hydrogens is 238 g/mol. The Labute approximate surface area is 106 Å². The zero-order valence-electron chi connectivity index (χ0n) is 11.1. The van der Waals surface area contributed by atoms with Gasteiger partial charge in [0.2, 0.25) is 5.91 Å². The van der Waals surface area contributed by atoms with Crippen LogP contribution in [0.25, 0.3) is 0 Å². The summed E-state index contributed by atoms with van der Waals surface area (Å²) in [6.45, 7) is 6.43. The van der Waals surface area contributed by atoms with Crippen molar-refractivity contribution in [3.8, 4) is 0 Å². The minimum Gasteiger partial charge on any atom is -0.460 e. The Morgan fingerprint density at radius 2 is 1.83 bits per heavy atom. The van der Waals surface area contributed by atoms with Crippen LogP contribution in [0.5, 0.6) is 0 Å². The van der Waals surface area contributed by atoms with E-state index in [4.69, 9.17) is 14.2 Å². The second kappa shape index (κ2) is 4.51. The molecule has 2 fully saturated rings. The number of carbonyl (C=O) groups excluding carboxylic acids is 2. The van der Waals surface area contributed by atoms with Crippen molar-refractivity contribution in [2.45, 2.75) is 64.3 Å². The molecule has 1 heterocycles. The van der Waals surface area contributed by atoms with E-state index >= 15 is 0 Å². The van der Waals surface area contributed by atoms with Crippen LogP contribution in [0.4, 0.5) is 0 Å². The van der Waals surface area contributed by atoms with Gasteiger partial charge in [0.1, 0.15) is 18.3 Å². The number of esters is 1. The highest BCUT2D eigenvalue weighted by Crippen LogP contribution is 2.39. The average molecular weight is 257 g/mol. The molecule has 0 aromatic heterocycles. The molecule has 1 N–H and O–H groups in total. The van der Waals surface area contributed by atoms with Gasteiger partial charge in [0, 0.05) is 20.3 Å². The minimum absolute atomic E-state index is 0.129. The lowest BCUT2D eigenvalue weighted by Crippen LogP contribution is -2.41. The zero-order valence-corrected chi connectivity index (χ0v) is 11.1. The minimum atomic E-state index is -0.717. The standard InChI is InChI=1S/C12H19NO5/c1-6(14)13-8-5-9(16-7(2)15)11-10(8)17-12(3,4)18-11/h8-11H,5H2,1-4H3,(H,13,14)/t8-,9-,10+,11-/m1/s1. The van der Waals surface area contributed by atoms with Crippen molar-refractivity contribution in [2.75, 3.05) is 0 Å². The quantitative estimate of drug-likeness (QED) is 0.722. The molecule has 0 radical (unpaired) electrons. The van der Waals surface area contributed by atoms with Gasteiger partial charge in [-0.05, 0) is 13.8 Å². The van der Waals surface area contributed by atoms with Crippen LogP contribution in [0, 0.1) is 0 Å². The Morgan fingerprint density at radius 1 is 1.22 bits per heavy atom. The van der Waals surface area contributed by atoms with Crippen LogP contribution < -0.4 is 5.32 Å². The van der Waals surface area contributed by atoms with Crippen molar-refractivity contribution < 1.29 is 23.8 Å². The second-order valence-electron chi connectivity index (χ2n) is 5.26. The molecule has 18 heavy (non-hydrogen) atoms. The molecule has 6 nitrogen and oxygen atoms in total. The van der Waals surface area contributed by atoms with Gasteiger partial charge in [-0.2, -0.15) is 0 Å². The number of fused-ring (bicyclic) bond motifs is 1. The highest BCUT2D eigenvalue weighted by Gasteiger charge is 2.55. The molecule has 0 spiro atoms. The summed E-state index contributed by atoms with van der Waals surface area (Å²) in [5.74, 6) is -1.20. The van der Waals surface area contributed by atoms with Gasteiger partial charge in [0.05, 0.1) is 6.04 Å². The van der Waals surface area contributed by atoms with Gasteiger partial charge in [-0.25, -0.2) is 0 Å². The van der Waals surface area contributed by atoms with Crippen LogP contribution >= 0.6 is 0 Å². The van der Waals surface area contributed by atoms with Crippen LogP contribution in [-0.4, -0.2) is 42.0 Å². The van der Waals surface area contributed by atoms with Crippen molar-refractivity contribution in [1.82, 2.24) is 5.32 Å². The van der Waals surface area contributed by atoms with E-state index in [1.165, 1.54) is 13.8 Å². The number of carbonyl (C=O) groups is 2. The fourth-order valence-electron chi connectivity index (χ4n) is 2.66. The molecule has 2 aliphatic rings. The van der Waals surface area contributed by atoms with E-state index < -0.39 is 5.79 Å². The zero-order chi connectivity index (χ0) is 13.5. The summed E-state index contributed by atoms with van der Waals surface area (Å²) < 4.78 is 16.8. The molecule has 0 unspecified atom stereocenters. The van der Waals surface area contributed by atoms with Gasteiger partial charge < -0.3 is 19.5 Å². The van der Waals surface area contributed by atoms with Gasteiger partial charge in [0.15, 0.2) is 5.79 Å². The maximum Gasteiger partial charge on any atom is 0.302 e. The lowest BCUT2D eigenvalue weighted by atomic mass is 10.2. The van der Waals surface area contributed by atoms with E-state index in [9.17, 15) is 9.59 Å². The Bertz CT molecular complexity index is 335. The first-order valence-corrected chi connectivity index (χ1v) is 6.08. The van der Waals surface area contributed by atoms with Gasteiger partial charge in [0.25, 0.3) is 0 Å². The van der Waals surface area contributed by atoms with Crippen LogP contribution in [0.3, 0.4) is 0 Å². The topological polar surface area (TPSA) is 73.9 Å². The third kappa shape index (κ3) is 2.64. The van der Waals surface area contributed by atoms with Gasteiger partial charge >= 0.3 is 5.97 Å². The molecule has 4 atom stereocenters. The largest absolute Gasteiger partial charge is 0.460 e. The first kappa shape index (κ1) is 13.3. The van der Waals surface area contributed by atoms with Crippen molar-refractivity contribution in [1.29, 1.82) is 0 Å². The Kier molecular flexibility index (Phi) is 3.33. The molecule has 0 bridgehead atoms. The summed E-state index contributed by atoms with van der Waals surface area (Å²) in [6.07, 6.45) is -0.440. The van der Waals surface area contributed by atoms with Crippen molar-refractivity contribution in [3.63, 3.8) is 0 Å².